The van der Waals surface area contributed by atoms with Gasteiger partial charge in [0.2, 0.25) is 5.43 Å². The first-order chi connectivity index (χ1) is 8.31. The lowest BCUT2D eigenvalue weighted by Gasteiger charge is -2.04. The van der Waals surface area contributed by atoms with E-state index >= 15 is 0 Å². The number of hydrogen-bond donors (Lipinski definition) is 1. The van der Waals surface area contributed by atoms with Crippen LogP contribution in [0.15, 0.2) is 51.7 Å². The summed E-state index contributed by atoms with van der Waals surface area (Å²) >= 11 is 0. The average Bonchev–Trinajstić information content (AvgIpc) is 2.38. The summed E-state index contributed by atoms with van der Waals surface area (Å²) < 4.78 is 5.63. The summed E-state index contributed by atoms with van der Waals surface area (Å²) in [6, 6.07) is 12.2. The van der Waals surface area contributed by atoms with Crippen LogP contribution in [0, 0.1) is 0 Å². The summed E-state index contributed by atoms with van der Waals surface area (Å²) in [6.07, 6.45) is 0. The molecule has 0 unspecified atom stereocenters. The van der Waals surface area contributed by atoms with Gasteiger partial charge < -0.3 is 9.25 Å². The molecule has 0 saturated carbocycles. The molecule has 4 heteroatoms. The fourth-order valence-corrected chi connectivity index (χ4v) is 1.91. The van der Waals surface area contributed by atoms with Crippen molar-refractivity contribution in [2.24, 2.45) is 5.90 Å². The Hall–Kier alpha value is -2.33. The molecule has 17 heavy (non-hydrogen) atoms. The van der Waals surface area contributed by atoms with Crippen molar-refractivity contribution in [1.82, 2.24) is 0 Å². The number of fused-ring (bicyclic) bond motifs is 2. The molecule has 0 fully saturated rings. The minimum absolute atomic E-state index is 0.136. The van der Waals surface area contributed by atoms with Crippen LogP contribution in [0.5, 0.6) is 5.75 Å². The highest BCUT2D eigenvalue weighted by Crippen LogP contribution is 2.25. The third-order valence-corrected chi connectivity index (χ3v) is 2.69. The summed E-state index contributed by atoms with van der Waals surface area (Å²) in [7, 11) is 0. The topological polar surface area (TPSA) is 65.5 Å². The van der Waals surface area contributed by atoms with Crippen molar-refractivity contribution in [2.45, 2.75) is 0 Å². The fourth-order valence-electron chi connectivity index (χ4n) is 1.91. The third-order valence-electron chi connectivity index (χ3n) is 2.69. The molecule has 2 aromatic carbocycles. The van der Waals surface area contributed by atoms with Crippen molar-refractivity contribution in [3.63, 3.8) is 0 Å². The predicted octanol–water partition coefficient (Wildman–Crippen LogP) is 2.20. The van der Waals surface area contributed by atoms with E-state index in [1.54, 1.807) is 36.4 Å². The molecule has 4 nitrogen and oxygen atoms in total. The summed E-state index contributed by atoms with van der Waals surface area (Å²) in [4.78, 5) is 17.0. The van der Waals surface area contributed by atoms with E-state index in [-0.39, 0.29) is 5.43 Å². The van der Waals surface area contributed by atoms with Crippen molar-refractivity contribution < 1.29 is 9.25 Å². The molecule has 0 saturated heterocycles. The quantitative estimate of drug-likeness (QED) is 0.511. The van der Waals surface area contributed by atoms with Gasteiger partial charge in [-0.05, 0) is 24.3 Å². The number of benzene rings is 2. The van der Waals surface area contributed by atoms with E-state index in [0.29, 0.717) is 27.7 Å². The Morgan fingerprint density at radius 3 is 2.59 bits per heavy atom. The number of hydrogen-bond acceptors (Lipinski definition) is 4. The molecule has 3 aromatic rings. The minimum atomic E-state index is -0.136. The normalized spacial score (nSPS) is 10.9. The Morgan fingerprint density at radius 1 is 1.00 bits per heavy atom. The molecular weight excluding hydrogens is 218 g/mol. The lowest BCUT2D eigenvalue weighted by molar-refractivity contribution is 0.338. The van der Waals surface area contributed by atoms with Gasteiger partial charge in [0.1, 0.15) is 16.6 Å². The zero-order valence-corrected chi connectivity index (χ0v) is 8.84. The smallest absolute Gasteiger partial charge is 0.204 e. The molecule has 0 radical (unpaired) electrons. The van der Waals surface area contributed by atoms with Crippen molar-refractivity contribution in [2.75, 3.05) is 0 Å². The Bertz CT molecular complexity index is 761. The Morgan fingerprint density at radius 2 is 1.76 bits per heavy atom. The molecule has 0 aliphatic rings. The van der Waals surface area contributed by atoms with Crippen LogP contribution in [0.2, 0.25) is 0 Å². The highest BCUT2D eigenvalue weighted by molar-refractivity contribution is 5.92. The van der Waals surface area contributed by atoms with Crippen LogP contribution >= 0.6 is 0 Å². The van der Waals surface area contributed by atoms with Crippen LogP contribution < -0.4 is 16.2 Å². The first kappa shape index (κ1) is 9.86. The molecule has 0 aliphatic carbocycles. The molecule has 1 heterocycles. The van der Waals surface area contributed by atoms with Gasteiger partial charge in [-0.2, -0.15) is 5.90 Å². The maximum Gasteiger partial charge on any atom is 0.204 e. The van der Waals surface area contributed by atoms with Crippen LogP contribution in [0.1, 0.15) is 0 Å². The first-order valence-corrected chi connectivity index (χ1v) is 5.12. The summed E-state index contributed by atoms with van der Waals surface area (Å²) in [5, 5.41) is 0.887. The zero-order valence-electron chi connectivity index (χ0n) is 8.84. The lowest BCUT2D eigenvalue weighted by atomic mass is 10.1. The first-order valence-electron chi connectivity index (χ1n) is 5.12. The largest absolute Gasteiger partial charge is 0.456 e. The van der Waals surface area contributed by atoms with Crippen molar-refractivity contribution in [1.29, 1.82) is 0 Å². The van der Waals surface area contributed by atoms with E-state index in [9.17, 15) is 4.79 Å². The highest BCUT2D eigenvalue weighted by atomic mass is 16.6. The molecule has 3 rings (SSSR count). The van der Waals surface area contributed by atoms with E-state index < -0.39 is 0 Å². The van der Waals surface area contributed by atoms with E-state index in [2.05, 4.69) is 0 Å². The van der Waals surface area contributed by atoms with Gasteiger partial charge in [0.25, 0.3) is 0 Å². The molecule has 1 aromatic heterocycles. The second-order valence-corrected chi connectivity index (χ2v) is 3.67. The van der Waals surface area contributed by atoms with Crippen LogP contribution in [0.25, 0.3) is 21.9 Å². The van der Waals surface area contributed by atoms with Crippen LogP contribution in [0.3, 0.4) is 0 Å². The van der Waals surface area contributed by atoms with Gasteiger partial charge in [-0.1, -0.05) is 18.2 Å². The van der Waals surface area contributed by atoms with Gasteiger partial charge in [-0.3, -0.25) is 4.79 Å². The SMILES string of the molecule is NOc1cccc2oc3ccccc3c(=O)c12. The van der Waals surface area contributed by atoms with Crippen LogP contribution in [-0.4, -0.2) is 0 Å². The van der Waals surface area contributed by atoms with Gasteiger partial charge in [0.15, 0.2) is 5.75 Å². The van der Waals surface area contributed by atoms with E-state index in [0.717, 1.165) is 0 Å². The van der Waals surface area contributed by atoms with Gasteiger partial charge in [-0.15, -0.1) is 0 Å². The molecule has 0 atom stereocenters. The Labute approximate surface area is 96.2 Å². The van der Waals surface area contributed by atoms with Gasteiger partial charge in [0.05, 0.1) is 5.39 Å². The van der Waals surface area contributed by atoms with Gasteiger partial charge in [-0.25, -0.2) is 0 Å². The second kappa shape index (κ2) is 3.61. The van der Waals surface area contributed by atoms with Crippen molar-refractivity contribution in [3.8, 4) is 5.75 Å². The maximum atomic E-state index is 12.3. The summed E-state index contributed by atoms with van der Waals surface area (Å²) in [5.41, 5.74) is 0.888. The summed E-state index contributed by atoms with van der Waals surface area (Å²) in [5.74, 6) is 5.47. The fraction of sp³-hybridized carbons (Fsp3) is 0. The van der Waals surface area contributed by atoms with E-state index in [4.69, 9.17) is 15.2 Å². The molecule has 0 bridgehead atoms. The molecular formula is C13H9NO3. The molecule has 0 spiro atoms. The van der Waals surface area contributed by atoms with E-state index in [1.165, 1.54) is 0 Å². The van der Waals surface area contributed by atoms with Crippen molar-refractivity contribution in [3.05, 3.63) is 52.7 Å². The zero-order chi connectivity index (χ0) is 11.8. The number of rotatable bonds is 1. The molecule has 2 N–H and O–H groups in total. The second-order valence-electron chi connectivity index (χ2n) is 3.67. The van der Waals surface area contributed by atoms with Gasteiger partial charge in [0, 0.05) is 0 Å². The summed E-state index contributed by atoms with van der Waals surface area (Å²) in [6.45, 7) is 0. The highest BCUT2D eigenvalue weighted by Gasteiger charge is 2.11. The predicted molar refractivity (Wildman–Crippen MR) is 64.8 cm³/mol. The Kier molecular flexibility index (Phi) is 2.09. The van der Waals surface area contributed by atoms with Gasteiger partial charge >= 0.3 is 0 Å². The number of para-hydroxylation sites is 1. The van der Waals surface area contributed by atoms with Crippen LogP contribution in [-0.2, 0) is 0 Å². The maximum absolute atomic E-state index is 12.3. The van der Waals surface area contributed by atoms with Crippen molar-refractivity contribution >= 4 is 21.9 Å². The third kappa shape index (κ3) is 1.38. The minimum Gasteiger partial charge on any atom is -0.456 e. The molecule has 0 aliphatic heterocycles. The van der Waals surface area contributed by atoms with E-state index in [1.807, 2.05) is 6.07 Å². The monoisotopic (exact) mass is 227 g/mol. The molecule has 84 valence electrons. The lowest BCUT2D eigenvalue weighted by Crippen LogP contribution is -2.08. The van der Waals surface area contributed by atoms with Crippen LogP contribution in [0.4, 0.5) is 0 Å². The average molecular weight is 227 g/mol. The number of nitrogens with two attached hydrogens (primary N) is 1. The standard InChI is InChI=1S/C13H9NO3/c14-17-11-7-3-6-10-12(11)13(15)8-4-1-2-5-9(8)16-10/h1-7H,14H2. The Balaban J connectivity index is 2.60. The molecule has 0 amide bonds.